The molecule has 0 spiro atoms. The Labute approximate surface area is 147 Å². The number of amides is 1. The van der Waals surface area contributed by atoms with Crippen molar-refractivity contribution < 1.29 is 9.32 Å². The Morgan fingerprint density at radius 1 is 1.32 bits per heavy atom. The number of carbonyl (C=O) groups excluding carboxylic acids is 1. The van der Waals surface area contributed by atoms with Crippen molar-refractivity contribution in [2.75, 3.05) is 20.6 Å². The molecule has 2 heterocycles. The molecular formula is C19H24N4O2. The number of carbonyl (C=O) groups is 1. The first-order valence-corrected chi connectivity index (χ1v) is 9.00. The van der Waals surface area contributed by atoms with Crippen molar-refractivity contribution in [3.8, 4) is 0 Å². The maximum absolute atomic E-state index is 12.2. The number of likely N-dealkylation sites (tertiary alicyclic amines) is 1. The molecule has 1 aromatic carbocycles. The van der Waals surface area contributed by atoms with E-state index in [1.165, 1.54) is 12.8 Å². The van der Waals surface area contributed by atoms with Crippen LogP contribution in [0.1, 0.15) is 65.3 Å². The predicted molar refractivity (Wildman–Crippen MR) is 93.1 cm³/mol. The Morgan fingerprint density at radius 3 is 2.92 bits per heavy atom. The first-order valence-electron chi connectivity index (χ1n) is 9.00. The van der Waals surface area contributed by atoms with Gasteiger partial charge in [-0.3, -0.25) is 9.69 Å². The number of nitrogens with zero attached hydrogens (tertiary/aromatic N) is 4. The lowest BCUT2D eigenvalue weighted by atomic mass is 10.1. The van der Waals surface area contributed by atoms with Crippen LogP contribution >= 0.6 is 0 Å². The van der Waals surface area contributed by atoms with Gasteiger partial charge >= 0.3 is 0 Å². The van der Waals surface area contributed by atoms with Gasteiger partial charge in [0.15, 0.2) is 5.82 Å². The minimum absolute atomic E-state index is 0.0343. The SMILES string of the molecule is CN(C)C(=O)c1cccc(CN2CCC[C@@H]2c2noc(C3CC3)n2)c1. The van der Waals surface area contributed by atoms with E-state index in [2.05, 4.69) is 21.1 Å². The Balaban J connectivity index is 1.49. The molecule has 4 rings (SSSR count). The summed E-state index contributed by atoms with van der Waals surface area (Å²) < 4.78 is 5.44. The Bertz CT molecular complexity index is 766. The summed E-state index contributed by atoms with van der Waals surface area (Å²) in [4.78, 5) is 20.8. The summed E-state index contributed by atoms with van der Waals surface area (Å²) in [6, 6.07) is 8.10. The lowest BCUT2D eigenvalue weighted by Gasteiger charge is -2.22. The van der Waals surface area contributed by atoms with Gasteiger partial charge in [-0.25, -0.2) is 0 Å². The molecule has 0 bridgehead atoms. The molecule has 132 valence electrons. The highest BCUT2D eigenvalue weighted by Crippen LogP contribution is 2.40. The number of rotatable bonds is 5. The summed E-state index contributed by atoms with van der Waals surface area (Å²) in [7, 11) is 3.55. The average Bonchev–Trinajstić information content (AvgIpc) is 3.16. The van der Waals surface area contributed by atoms with E-state index in [4.69, 9.17) is 4.52 Å². The number of aromatic nitrogens is 2. The highest BCUT2D eigenvalue weighted by atomic mass is 16.5. The number of benzene rings is 1. The molecule has 2 fully saturated rings. The van der Waals surface area contributed by atoms with Gasteiger partial charge in [0.1, 0.15) is 0 Å². The minimum atomic E-state index is 0.0343. The largest absolute Gasteiger partial charge is 0.345 e. The fourth-order valence-corrected chi connectivity index (χ4v) is 3.48. The monoisotopic (exact) mass is 340 g/mol. The van der Waals surface area contributed by atoms with E-state index in [0.717, 1.165) is 48.8 Å². The van der Waals surface area contributed by atoms with Gasteiger partial charge < -0.3 is 9.42 Å². The first-order chi connectivity index (χ1) is 12.1. The van der Waals surface area contributed by atoms with Gasteiger partial charge in [0, 0.05) is 32.1 Å². The van der Waals surface area contributed by atoms with Gasteiger partial charge in [-0.2, -0.15) is 4.98 Å². The van der Waals surface area contributed by atoms with Crippen LogP contribution in [0.5, 0.6) is 0 Å². The van der Waals surface area contributed by atoms with E-state index in [9.17, 15) is 4.79 Å². The molecule has 6 heteroatoms. The normalized spacial score (nSPS) is 20.8. The van der Waals surface area contributed by atoms with Gasteiger partial charge in [0.05, 0.1) is 6.04 Å². The second-order valence-electron chi connectivity index (χ2n) is 7.29. The third kappa shape index (κ3) is 3.44. The molecule has 6 nitrogen and oxygen atoms in total. The summed E-state index contributed by atoms with van der Waals surface area (Å²) in [5, 5.41) is 4.23. The summed E-state index contributed by atoms with van der Waals surface area (Å²) in [5.41, 5.74) is 1.87. The van der Waals surface area contributed by atoms with Gasteiger partial charge in [0.2, 0.25) is 5.89 Å². The number of hydrogen-bond donors (Lipinski definition) is 0. The van der Waals surface area contributed by atoms with Gasteiger partial charge in [-0.1, -0.05) is 17.3 Å². The molecule has 1 atom stereocenters. The predicted octanol–water partition coefficient (Wildman–Crippen LogP) is 2.99. The third-order valence-electron chi connectivity index (χ3n) is 5.01. The fourth-order valence-electron chi connectivity index (χ4n) is 3.48. The Kier molecular flexibility index (Phi) is 4.29. The van der Waals surface area contributed by atoms with Crippen LogP contribution < -0.4 is 0 Å². The molecule has 0 unspecified atom stereocenters. The molecule has 1 saturated carbocycles. The number of hydrogen-bond acceptors (Lipinski definition) is 5. The summed E-state index contributed by atoms with van der Waals surface area (Å²) in [6.45, 7) is 1.82. The molecule has 25 heavy (non-hydrogen) atoms. The quantitative estimate of drug-likeness (QED) is 0.837. The van der Waals surface area contributed by atoms with Crippen LogP contribution in [0.15, 0.2) is 28.8 Å². The smallest absolute Gasteiger partial charge is 0.253 e. The lowest BCUT2D eigenvalue weighted by Crippen LogP contribution is -2.24. The minimum Gasteiger partial charge on any atom is -0.345 e. The van der Waals surface area contributed by atoms with Gasteiger partial charge in [0.25, 0.3) is 5.91 Å². The van der Waals surface area contributed by atoms with Gasteiger partial charge in [-0.15, -0.1) is 0 Å². The van der Waals surface area contributed by atoms with Crippen molar-refractivity contribution in [2.45, 2.75) is 44.2 Å². The van der Waals surface area contributed by atoms with E-state index in [1.807, 2.05) is 18.2 Å². The van der Waals surface area contributed by atoms with E-state index in [-0.39, 0.29) is 11.9 Å². The maximum atomic E-state index is 12.2. The molecule has 2 aliphatic rings. The van der Waals surface area contributed by atoms with Crippen LogP contribution in [-0.4, -0.2) is 46.5 Å². The molecule has 1 aliphatic carbocycles. The molecular weight excluding hydrogens is 316 g/mol. The maximum Gasteiger partial charge on any atom is 0.253 e. The summed E-state index contributed by atoms with van der Waals surface area (Å²) in [6.07, 6.45) is 4.53. The zero-order valence-electron chi connectivity index (χ0n) is 14.8. The van der Waals surface area contributed by atoms with Crippen LogP contribution in [0.3, 0.4) is 0 Å². The van der Waals surface area contributed by atoms with Crippen LogP contribution in [0, 0.1) is 0 Å². The van der Waals surface area contributed by atoms with E-state index in [0.29, 0.717) is 5.92 Å². The van der Waals surface area contributed by atoms with Crippen LogP contribution in [-0.2, 0) is 6.54 Å². The molecule has 0 N–H and O–H groups in total. The van der Waals surface area contributed by atoms with Gasteiger partial charge in [-0.05, 0) is 49.9 Å². The Morgan fingerprint density at radius 2 is 2.16 bits per heavy atom. The molecule has 1 aliphatic heterocycles. The standard InChI is InChI=1S/C19H24N4O2/c1-22(2)19(24)15-6-3-5-13(11-15)12-23-10-4-7-16(23)17-20-18(25-21-17)14-8-9-14/h3,5-6,11,14,16H,4,7-10,12H2,1-2H3/t16-/m1/s1. The molecule has 0 radical (unpaired) electrons. The lowest BCUT2D eigenvalue weighted by molar-refractivity contribution is 0.0827. The van der Waals surface area contributed by atoms with Crippen molar-refractivity contribution in [1.29, 1.82) is 0 Å². The highest BCUT2D eigenvalue weighted by Gasteiger charge is 2.34. The second kappa shape index (κ2) is 6.59. The van der Waals surface area contributed by atoms with Crippen molar-refractivity contribution in [3.05, 3.63) is 47.1 Å². The average molecular weight is 340 g/mol. The fraction of sp³-hybridized carbons (Fsp3) is 0.526. The zero-order valence-corrected chi connectivity index (χ0v) is 14.8. The summed E-state index contributed by atoms with van der Waals surface area (Å²) in [5.74, 6) is 2.15. The zero-order chi connectivity index (χ0) is 17.4. The molecule has 2 aromatic rings. The molecule has 1 amide bonds. The van der Waals surface area contributed by atoms with Crippen molar-refractivity contribution in [2.24, 2.45) is 0 Å². The topological polar surface area (TPSA) is 62.5 Å². The van der Waals surface area contributed by atoms with Crippen LogP contribution in [0.4, 0.5) is 0 Å². The van der Waals surface area contributed by atoms with Crippen molar-refractivity contribution >= 4 is 5.91 Å². The van der Waals surface area contributed by atoms with Crippen molar-refractivity contribution in [1.82, 2.24) is 19.9 Å². The second-order valence-corrected chi connectivity index (χ2v) is 7.29. The summed E-state index contributed by atoms with van der Waals surface area (Å²) >= 11 is 0. The van der Waals surface area contributed by atoms with E-state index in [1.54, 1.807) is 19.0 Å². The first kappa shape index (κ1) is 16.3. The van der Waals surface area contributed by atoms with Crippen LogP contribution in [0.25, 0.3) is 0 Å². The van der Waals surface area contributed by atoms with E-state index < -0.39 is 0 Å². The molecule has 1 aromatic heterocycles. The third-order valence-corrected chi connectivity index (χ3v) is 5.01. The Hall–Kier alpha value is -2.21. The molecule has 1 saturated heterocycles. The van der Waals surface area contributed by atoms with Crippen molar-refractivity contribution in [3.63, 3.8) is 0 Å². The van der Waals surface area contributed by atoms with E-state index >= 15 is 0 Å². The van der Waals surface area contributed by atoms with Crippen LogP contribution in [0.2, 0.25) is 0 Å². The highest BCUT2D eigenvalue weighted by molar-refractivity contribution is 5.94.